The maximum absolute atomic E-state index is 13.4. The Morgan fingerprint density at radius 2 is 1.95 bits per heavy atom. The van der Waals surface area contributed by atoms with Gasteiger partial charge in [-0.25, -0.2) is 0 Å². The summed E-state index contributed by atoms with van der Waals surface area (Å²) in [6, 6.07) is 13.1. The second kappa shape index (κ2) is 13.5. The number of carbonyl (C=O) groups excluding carboxylic acids is 2. The molecule has 1 saturated heterocycles. The highest BCUT2D eigenvalue weighted by atomic mass is 79.9. The summed E-state index contributed by atoms with van der Waals surface area (Å²) in [5.41, 5.74) is 1.82. The zero-order chi connectivity index (χ0) is 27.9. The third-order valence-corrected chi connectivity index (χ3v) is 8.98. The number of hydrogen-bond acceptors (Lipinski definition) is 6. The molecule has 4 rings (SSSR count). The maximum atomic E-state index is 13.4. The van der Waals surface area contributed by atoms with Crippen molar-refractivity contribution in [1.29, 1.82) is 0 Å². The van der Waals surface area contributed by atoms with Gasteiger partial charge in [0.25, 0.3) is 11.6 Å². The summed E-state index contributed by atoms with van der Waals surface area (Å²) in [4.78, 5) is 43.5. The first-order chi connectivity index (χ1) is 18.9. The van der Waals surface area contributed by atoms with Gasteiger partial charge in [0.2, 0.25) is 0 Å². The lowest BCUT2D eigenvalue weighted by atomic mass is 9.74. The molecule has 0 spiro atoms. The van der Waals surface area contributed by atoms with Crippen LogP contribution in [0.3, 0.4) is 0 Å². The molecular formula is C29H31Br2N3O5. The van der Waals surface area contributed by atoms with E-state index >= 15 is 0 Å². The van der Waals surface area contributed by atoms with Crippen LogP contribution in [0.5, 0.6) is 5.75 Å². The normalized spacial score (nSPS) is 18.1. The topological polar surface area (TPSA) is 103 Å². The van der Waals surface area contributed by atoms with E-state index in [1.165, 1.54) is 24.3 Å². The van der Waals surface area contributed by atoms with Crippen molar-refractivity contribution < 1.29 is 19.2 Å². The van der Waals surface area contributed by atoms with Gasteiger partial charge in [-0.3, -0.25) is 24.7 Å². The fraction of sp³-hybridized carbons (Fsp3) is 0.414. The van der Waals surface area contributed by atoms with Crippen molar-refractivity contribution in [2.45, 2.75) is 25.7 Å². The molecular weight excluding hydrogens is 630 g/mol. The number of nitro benzene ring substituents is 1. The molecule has 2 aromatic carbocycles. The van der Waals surface area contributed by atoms with Crippen molar-refractivity contribution in [2.75, 3.05) is 30.9 Å². The standard InChI is InChI=1S/C29H31Br2N3O5/c1-39-23-7-8-27-25(16-23)24(11-14-32-27)28(35)9-4-19-12-15-33(18-26(19)21(17-31)10-13-30)29(36)20-2-5-22(6-3-20)34(37)38/h2-3,5-8,11,14,16,19,21,26H,4,9-10,12-13,15,17-18H2,1H3/t19-,21-,26+/m0/s1. The third-order valence-electron chi connectivity index (χ3n) is 7.69. The summed E-state index contributed by atoms with van der Waals surface area (Å²) >= 11 is 7.26. The lowest BCUT2D eigenvalue weighted by molar-refractivity contribution is -0.384. The number of aromatic nitrogens is 1. The number of non-ortho nitro benzene ring substituents is 1. The smallest absolute Gasteiger partial charge is 0.269 e. The first kappa shape index (κ1) is 29.1. The molecule has 1 aliphatic heterocycles. The van der Waals surface area contributed by atoms with Crippen LogP contribution in [0.15, 0.2) is 54.7 Å². The monoisotopic (exact) mass is 659 g/mol. The highest BCUT2D eigenvalue weighted by Crippen LogP contribution is 2.37. The van der Waals surface area contributed by atoms with E-state index in [1.807, 2.05) is 23.1 Å². The van der Waals surface area contributed by atoms with Gasteiger partial charge in [0, 0.05) is 65.0 Å². The Kier molecular flexibility index (Phi) is 10.1. The number of ether oxygens (including phenoxy) is 1. The van der Waals surface area contributed by atoms with Crippen LogP contribution in [0.25, 0.3) is 10.9 Å². The van der Waals surface area contributed by atoms with E-state index < -0.39 is 4.92 Å². The van der Waals surface area contributed by atoms with Crippen molar-refractivity contribution >= 4 is 60.1 Å². The zero-order valence-electron chi connectivity index (χ0n) is 21.7. The Morgan fingerprint density at radius 3 is 2.62 bits per heavy atom. The van der Waals surface area contributed by atoms with Gasteiger partial charge in [-0.2, -0.15) is 0 Å². The fourth-order valence-electron chi connectivity index (χ4n) is 5.51. The summed E-state index contributed by atoms with van der Waals surface area (Å²) in [6.07, 6.45) is 4.58. The number of methoxy groups -OCH3 is 1. The fourth-order valence-corrected chi connectivity index (χ4v) is 6.90. The number of pyridine rings is 1. The zero-order valence-corrected chi connectivity index (χ0v) is 24.9. The SMILES string of the molecule is COc1ccc2nccc(C(=O)CC[C@H]3CCN(C(=O)c4ccc([N+](=O)[O-])cc4)C[C@H]3[C@H](CBr)CCBr)c2c1. The van der Waals surface area contributed by atoms with Crippen molar-refractivity contribution in [3.63, 3.8) is 0 Å². The Balaban J connectivity index is 1.49. The molecule has 39 heavy (non-hydrogen) atoms. The molecule has 1 amide bonds. The number of alkyl halides is 2. The van der Waals surface area contributed by atoms with E-state index in [1.54, 1.807) is 19.4 Å². The summed E-state index contributed by atoms with van der Waals surface area (Å²) in [7, 11) is 1.60. The minimum Gasteiger partial charge on any atom is -0.497 e. The number of carbonyl (C=O) groups is 2. The van der Waals surface area contributed by atoms with Crippen LogP contribution in [0.4, 0.5) is 5.69 Å². The number of amides is 1. The van der Waals surface area contributed by atoms with E-state index in [4.69, 9.17) is 4.74 Å². The average molecular weight is 661 g/mol. The number of nitrogens with zero attached hydrogens (tertiary/aromatic N) is 3. The number of ketones is 1. The molecule has 2 heterocycles. The molecule has 10 heteroatoms. The van der Waals surface area contributed by atoms with Crippen LogP contribution in [0, 0.1) is 27.9 Å². The predicted molar refractivity (Wildman–Crippen MR) is 158 cm³/mol. The molecule has 3 aromatic rings. The van der Waals surface area contributed by atoms with Crippen LogP contribution in [0.1, 0.15) is 46.4 Å². The van der Waals surface area contributed by atoms with E-state index in [9.17, 15) is 19.7 Å². The van der Waals surface area contributed by atoms with Gasteiger partial charge >= 0.3 is 0 Å². The Morgan fingerprint density at radius 1 is 1.18 bits per heavy atom. The second-order valence-corrected chi connectivity index (χ2v) is 11.3. The van der Waals surface area contributed by atoms with Crippen molar-refractivity contribution in [1.82, 2.24) is 9.88 Å². The number of fused-ring (bicyclic) bond motifs is 1. The highest BCUT2D eigenvalue weighted by Gasteiger charge is 2.36. The van der Waals surface area contributed by atoms with Gasteiger partial charge in [-0.15, -0.1) is 0 Å². The summed E-state index contributed by atoms with van der Waals surface area (Å²) < 4.78 is 5.36. The summed E-state index contributed by atoms with van der Waals surface area (Å²) in [5.74, 6) is 1.50. The van der Waals surface area contributed by atoms with Gasteiger partial charge < -0.3 is 9.64 Å². The summed E-state index contributed by atoms with van der Waals surface area (Å²) in [5, 5.41) is 13.4. The van der Waals surface area contributed by atoms with E-state index in [0.717, 1.165) is 40.8 Å². The first-order valence-corrected chi connectivity index (χ1v) is 15.2. The quantitative estimate of drug-likeness (QED) is 0.0983. The van der Waals surface area contributed by atoms with Crippen LogP contribution in [-0.2, 0) is 0 Å². The molecule has 0 aliphatic carbocycles. The minimum absolute atomic E-state index is 0.0371. The highest BCUT2D eigenvalue weighted by molar-refractivity contribution is 9.09. The average Bonchev–Trinajstić information content (AvgIpc) is 2.97. The van der Waals surface area contributed by atoms with Gasteiger partial charge in [0.15, 0.2) is 5.78 Å². The van der Waals surface area contributed by atoms with Gasteiger partial charge in [0.1, 0.15) is 5.75 Å². The summed E-state index contributed by atoms with van der Waals surface area (Å²) in [6.45, 7) is 1.18. The van der Waals surface area contributed by atoms with Crippen LogP contribution >= 0.6 is 31.9 Å². The molecule has 0 unspecified atom stereocenters. The van der Waals surface area contributed by atoms with Gasteiger partial charge in [-0.05, 0) is 73.4 Å². The van der Waals surface area contributed by atoms with E-state index in [-0.39, 0.29) is 23.3 Å². The number of Topliss-reactive ketones (excluding diaryl/α,β-unsaturated/α-hetero) is 1. The van der Waals surface area contributed by atoms with E-state index in [0.29, 0.717) is 48.2 Å². The molecule has 3 atom stereocenters. The maximum Gasteiger partial charge on any atom is 0.269 e. The van der Waals surface area contributed by atoms with Crippen LogP contribution in [0.2, 0.25) is 0 Å². The van der Waals surface area contributed by atoms with Crippen LogP contribution in [-0.4, -0.2) is 57.4 Å². The number of rotatable bonds is 11. The van der Waals surface area contributed by atoms with Gasteiger partial charge in [0.05, 0.1) is 17.5 Å². The minimum atomic E-state index is -0.469. The number of hydrogen-bond donors (Lipinski definition) is 0. The Hall–Kier alpha value is -2.85. The number of likely N-dealkylation sites (tertiary alicyclic amines) is 1. The molecule has 0 N–H and O–H groups in total. The van der Waals surface area contributed by atoms with Crippen molar-refractivity contribution in [3.8, 4) is 5.75 Å². The predicted octanol–water partition coefficient (Wildman–Crippen LogP) is 6.69. The second-order valence-electron chi connectivity index (χ2n) is 9.86. The number of piperidine rings is 1. The van der Waals surface area contributed by atoms with Crippen molar-refractivity contribution in [3.05, 3.63) is 76.0 Å². The van der Waals surface area contributed by atoms with Gasteiger partial charge in [-0.1, -0.05) is 31.9 Å². The van der Waals surface area contributed by atoms with Crippen LogP contribution < -0.4 is 4.74 Å². The number of halogens is 2. The molecule has 1 aromatic heterocycles. The molecule has 8 nitrogen and oxygen atoms in total. The molecule has 0 bridgehead atoms. The largest absolute Gasteiger partial charge is 0.497 e. The Labute approximate surface area is 244 Å². The number of benzene rings is 2. The molecule has 1 fully saturated rings. The van der Waals surface area contributed by atoms with Crippen molar-refractivity contribution in [2.24, 2.45) is 17.8 Å². The lowest BCUT2D eigenvalue weighted by Crippen LogP contribution is -2.46. The molecule has 0 saturated carbocycles. The Bertz CT molecular complexity index is 1330. The van der Waals surface area contributed by atoms with E-state index in [2.05, 4.69) is 36.8 Å². The molecule has 206 valence electrons. The number of nitro groups is 1. The molecule has 0 radical (unpaired) electrons. The first-order valence-electron chi connectivity index (χ1n) is 13.0. The lowest BCUT2D eigenvalue weighted by Gasteiger charge is -2.42. The molecule has 1 aliphatic rings. The third kappa shape index (κ3) is 6.84.